The second-order valence-electron chi connectivity index (χ2n) is 7.01. The zero-order valence-corrected chi connectivity index (χ0v) is 17.8. The second kappa shape index (κ2) is 9.37. The molecule has 0 atom stereocenters. The average Bonchev–Trinajstić information content (AvgIpc) is 3.15. The van der Waals surface area contributed by atoms with Gasteiger partial charge in [-0.15, -0.1) is 0 Å². The molecule has 0 aliphatic carbocycles. The summed E-state index contributed by atoms with van der Waals surface area (Å²) >= 11 is 0. The van der Waals surface area contributed by atoms with Crippen LogP contribution in [0.25, 0.3) is 6.08 Å². The highest BCUT2D eigenvalue weighted by Gasteiger charge is 2.21. The van der Waals surface area contributed by atoms with E-state index in [0.29, 0.717) is 19.6 Å². The maximum Gasteiger partial charge on any atom is 0.244 e. The number of nitrogens with one attached hydrogen (secondary N) is 1. The minimum atomic E-state index is -3.47. The normalized spacial score (nSPS) is 14.3. The molecule has 3 rings (SSSR count). The molecule has 8 heteroatoms. The Morgan fingerprint density at radius 3 is 2.59 bits per heavy atom. The fraction of sp³-hybridized carbons (Fsp3) is 0.429. The fourth-order valence-corrected chi connectivity index (χ4v) is 4.89. The van der Waals surface area contributed by atoms with E-state index in [1.807, 2.05) is 20.0 Å². The van der Waals surface area contributed by atoms with Crippen molar-refractivity contribution >= 4 is 22.0 Å². The lowest BCUT2D eigenvalue weighted by Crippen LogP contribution is -2.30. The van der Waals surface area contributed by atoms with E-state index in [9.17, 15) is 13.2 Å². The Labute approximate surface area is 172 Å². The molecule has 7 nitrogen and oxygen atoms in total. The van der Waals surface area contributed by atoms with Crippen molar-refractivity contribution in [2.24, 2.45) is 0 Å². The Bertz CT molecular complexity index is 950. The Morgan fingerprint density at radius 1 is 1.21 bits per heavy atom. The molecule has 1 aliphatic rings. The smallest absolute Gasteiger partial charge is 0.244 e. The number of carbonyl (C=O) groups excluding carboxylic acids is 1. The molecule has 2 heterocycles. The van der Waals surface area contributed by atoms with Gasteiger partial charge in [-0.2, -0.15) is 4.31 Å². The highest BCUT2D eigenvalue weighted by atomic mass is 32.2. The van der Waals surface area contributed by atoms with Gasteiger partial charge < -0.3 is 9.88 Å². The zero-order valence-electron chi connectivity index (χ0n) is 17.0. The monoisotopic (exact) mass is 416 g/mol. The van der Waals surface area contributed by atoms with Gasteiger partial charge in [0.05, 0.1) is 17.1 Å². The molecule has 0 spiro atoms. The summed E-state index contributed by atoms with van der Waals surface area (Å²) in [6.07, 6.45) is 8.46. The fourth-order valence-electron chi connectivity index (χ4n) is 3.43. The van der Waals surface area contributed by atoms with E-state index < -0.39 is 10.0 Å². The number of hydrogen-bond acceptors (Lipinski definition) is 4. The van der Waals surface area contributed by atoms with Crippen molar-refractivity contribution in [3.05, 3.63) is 53.6 Å². The first-order valence-electron chi connectivity index (χ1n) is 10.0. The van der Waals surface area contributed by atoms with E-state index in [2.05, 4.69) is 14.9 Å². The Morgan fingerprint density at radius 2 is 1.93 bits per heavy atom. The molecule has 2 aromatic rings. The first kappa shape index (κ1) is 21.3. The van der Waals surface area contributed by atoms with Gasteiger partial charge in [-0.25, -0.2) is 13.4 Å². The Balaban J connectivity index is 1.56. The van der Waals surface area contributed by atoms with Crippen LogP contribution < -0.4 is 5.32 Å². The van der Waals surface area contributed by atoms with Crippen LogP contribution in [-0.4, -0.2) is 41.3 Å². The van der Waals surface area contributed by atoms with Gasteiger partial charge in [0, 0.05) is 38.3 Å². The van der Waals surface area contributed by atoms with Gasteiger partial charge in [0.15, 0.2) is 0 Å². The van der Waals surface area contributed by atoms with Crippen molar-refractivity contribution in [2.75, 3.05) is 13.1 Å². The second-order valence-corrected chi connectivity index (χ2v) is 8.95. The van der Waals surface area contributed by atoms with Crippen molar-refractivity contribution in [3.63, 3.8) is 0 Å². The number of imidazole rings is 1. The predicted octanol–water partition coefficient (Wildman–Crippen LogP) is 2.58. The molecule has 1 amide bonds. The predicted molar refractivity (Wildman–Crippen MR) is 113 cm³/mol. The average molecular weight is 417 g/mol. The Kier molecular flexibility index (Phi) is 6.87. The maximum absolute atomic E-state index is 12.5. The molecule has 29 heavy (non-hydrogen) atoms. The number of sulfonamides is 1. The molecule has 1 aromatic heterocycles. The minimum absolute atomic E-state index is 0.212. The lowest BCUT2D eigenvalue weighted by molar-refractivity contribution is -0.116. The third-order valence-electron chi connectivity index (χ3n) is 5.05. The summed E-state index contributed by atoms with van der Waals surface area (Å²) < 4.78 is 28.6. The number of aromatic nitrogens is 2. The quantitative estimate of drug-likeness (QED) is 0.671. The van der Waals surface area contributed by atoms with Crippen LogP contribution in [0, 0.1) is 0 Å². The van der Waals surface area contributed by atoms with Crippen molar-refractivity contribution in [2.45, 2.75) is 51.1 Å². The van der Waals surface area contributed by atoms with E-state index in [1.54, 1.807) is 30.3 Å². The van der Waals surface area contributed by atoms with Crippen LogP contribution >= 0.6 is 0 Å². The van der Waals surface area contributed by atoms with Gasteiger partial charge >= 0.3 is 0 Å². The summed E-state index contributed by atoms with van der Waals surface area (Å²) in [7, 11) is -3.47. The molecule has 0 radical (unpaired) electrons. The molecule has 0 unspecified atom stereocenters. The summed E-state index contributed by atoms with van der Waals surface area (Å²) in [5, 5.41) is 2.84. The number of fused-ring (bicyclic) bond motifs is 1. The highest BCUT2D eigenvalue weighted by Crippen LogP contribution is 2.17. The summed E-state index contributed by atoms with van der Waals surface area (Å²) in [4.78, 5) is 16.9. The van der Waals surface area contributed by atoms with Crippen LogP contribution in [0.3, 0.4) is 0 Å². The van der Waals surface area contributed by atoms with Gasteiger partial charge in [0.1, 0.15) is 5.82 Å². The van der Waals surface area contributed by atoms with E-state index >= 15 is 0 Å². The van der Waals surface area contributed by atoms with Gasteiger partial charge in [-0.05, 0) is 36.6 Å². The molecule has 1 aliphatic heterocycles. The lowest BCUT2D eigenvalue weighted by Gasteiger charge is -2.18. The molecule has 156 valence electrons. The number of nitrogens with zero attached hydrogens (tertiary/aromatic N) is 3. The molecular formula is C21H28N4O3S. The number of rotatable bonds is 8. The highest BCUT2D eigenvalue weighted by molar-refractivity contribution is 7.89. The standard InChI is InChI=1S/C21H28N4O3S/c1-3-25(4-2)29(27,28)19-11-8-17(9-12-19)10-13-21(26)22-15-18-16-24-14-6-5-7-20(24)23-18/h8-13,16H,3-7,14-15H2,1-2H3,(H,22,26)/b13-10+. The zero-order chi connectivity index (χ0) is 20.9. The van der Waals surface area contributed by atoms with Gasteiger partial charge in [-0.3, -0.25) is 4.79 Å². The van der Waals surface area contributed by atoms with Crippen LogP contribution in [0.4, 0.5) is 0 Å². The molecule has 0 bridgehead atoms. The summed E-state index contributed by atoms with van der Waals surface area (Å²) in [6.45, 7) is 5.88. The first-order chi connectivity index (χ1) is 13.9. The van der Waals surface area contributed by atoms with E-state index in [4.69, 9.17) is 0 Å². The molecule has 1 N–H and O–H groups in total. The van der Waals surface area contributed by atoms with E-state index in [-0.39, 0.29) is 10.8 Å². The number of amides is 1. The van der Waals surface area contributed by atoms with Crippen LogP contribution in [-0.2, 0) is 34.3 Å². The minimum Gasteiger partial charge on any atom is -0.347 e. The molecule has 0 saturated heterocycles. The molecule has 1 aromatic carbocycles. The van der Waals surface area contributed by atoms with Gasteiger partial charge in [0.25, 0.3) is 0 Å². The van der Waals surface area contributed by atoms with Crippen LogP contribution in [0.15, 0.2) is 41.4 Å². The summed E-state index contributed by atoms with van der Waals surface area (Å²) in [5.74, 6) is 0.881. The molecule has 0 saturated carbocycles. The number of aryl methyl sites for hydroxylation is 2. The third-order valence-corrected chi connectivity index (χ3v) is 7.12. The van der Waals surface area contributed by atoms with Crippen molar-refractivity contribution in [1.29, 1.82) is 0 Å². The van der Waals surface area contributed by atoms with Gasteiger partial charge in [-0.1, -0.05) is 26.0 Å². The first-order valence-corrected chi connectivity index (χ1v) is 11.5. The Hall–Kier alpha value is -2.45. The lowest BCUT2D eigenvalue weighted by atomic mass is 10.2. The number of benzene rings is 1. The maximum atomic E-state index is 12.5. The van der Waals surface area contributed by atoms with Crippen LogP contribution in [0.1, 0.15) is 43.8 Å². The SMILES string of the molecule is CCN(CC)S(=O)(=O)c1ccc(/C=C/C(=O)NCc2cn3c(n2)CCCC3)cc1. The van der Waals surface area contributed by atoms with Crippen LogP contribution in [0.5, 0.6) is 0 Å². The van der Waals surface area contributed by atoms with Gasteiger partial charge in [0.2, 0.25) is 15.9 Å². The topological polar surface area (TPSA) is 84.3 Å². The van der Waals surface area contributed by atoms with E-state index in [1.165, 1.54) is 23.2 Å². The van der Waals surface area contributed by atoms with Crippen molar-refractivity contribution < 1.29 is 13.2 Å². The number of carbonyl (C=O) groups is 1. The van der Waals surface area contributed by atoms with Crippen LogP contribution in [0.2, 0.25) is 0 Å². The largest absolute Gasteiger partial charge is 0.347 e. The number of hydrogen-bond donors (Lipinski definition) is 1. The van der Waals surface area contributed by atoms with E-state index in [0.717, 1.165) is 30.0 Å². The summed E-state index contributed by atoms with van der Waals surface area (Å²) in [6, 6.07) is 6.54. The molecule has 0 fully saturated rings. The third kappa shape index (κ3) is 5.13. The van der Waals surface area contributed by atoms with Crippen molar-refractivity contribution in [1.82, 2.24) is 19.2 Å². The van der Waals surface area contributed by atoms with Crippen molar-refractivity contribution in [3.8, 4) is 0 Å². The summed E-state index contributed by atoms with van der Waals surface area (Å²) in [5.41, 5.74) is 1.63. The molecular weight excluding hydrogens is 388 g/mol.